The largest absolute Gasteiger partial charge is 0.332 e. The number of hydrogen-bond donors (Lipinski definition) is 1. The molecular formula is C17H26N3O3S+. The number of amides is 1. The minimum atomic E-state index is -3.25. The standard InChI is InChI=1S/C17H25N3O3S/c1-2-18-9-11-19(12-10-18)17(21)15-6-5-7-16(14-15)20-8-3-4-13-24(20,22)23/h5-7,14H,2-4,8-13H2,1H3/p+1. The number of anilines is 1. The highest BCUT2D eigenvalue weighted by Crippen LogP contribution is 2.24. The molecule has 2 heterocycles. The van der Waals surface area contributed by atoms with Gasteiger partial charge in [0.05, 0.1) is 44.2 Å². The Bertz CT molecular complexity index is 697. The van der Waals surface area contributed by atoms with Crippen LogP contribution in [0.4, 0.5) is 5.69 Å². The molecule has 0 spiro atoms. The van der Waals surface area contributed by atoms with Gasteiger partial charge in [0.2, 0.25) is 10.0 Å². The highest BCUT2D eigenvalue weighted by molar-refractivity contribution is 7.92. The molecule has 24 heavy (non-hydrogen) atoms. The molecule has 2 fully saturated rings. The summed E-state index contributed by atoms with van der Waals surface area (Å²) in [4.78, 5) is 16.1. The van der Waals surface area contributed by atoms with Crippen LogP contribution in [0.2, 0.25) is 0 Å². The molecule has 2 saturated heterocycles. The van der Waals surface area contributed by atoms with Crippen LogP contribution in [0.5, 0.6) is 0 Å². The normalized spacial score (nSPS) is 21.7. The van der Waals surface area contributed by atoms with Gasteiger partial charge in [-0.2, -0.15) is 0 Å². The second-order valence-electron chi connectivity index (χ2n) is 6.54. The van der Waals surface area contributed by atoms with E-state index in [9.17, 15) is 13.2 Å². The fourth-order valence-electron chi connectivity index (χ4n) is 3.44. The Balaban J connectivity index is 1.77. The first kappa shape index (κ1) is 17.2. The van der Waals surface area contributed by atoms with Crippen molar-refractivity contribution in [1.29, 1.82) is 0 Å². The van der Waals surface area contributed by atoms with Gasteiger partial charge in [-0.15, -0.1) is 0 Å². The molecule has 7 heteroatoms. The quantitative estimate of drug-likeness (QED) is 0.832. The molecule has 6 nitrogen and oxygen atoms in total. The van der Waals surface area contributed by atoms with Crippen molar-refractivity contribution < 1.29 is 18.1 Å². The van der Waals surface area contributed by atoms with Crippen LogP contribution in [0.1, 0.15) is 30.1 Å². The molecule has 2 aliphatic rings. The van der Waals surface area contributed by atoms with E-state index in [4.69, 9.17) is 0 Å². The van der Waals surface area contributed by atoms with E-state index >= 15 is 0 Å². The first-order chi connectivity index (χ1) is 11.5. The van der Waals surface area contributed by atoms with Crippen LogP contribution in [0.3, 0.4) is 0 Å². The first-order valence-corrected chi connectivity index (χ1v) is 10.4. The number of nitrogens with one attached hydrogen (secondary N) is 1. The zero-order valence-corrected chi connectivity index (χ0v) is 15.0. The molecule has 0 atom stereocenters. The minimum Gasteiger partial charge on any atom is -0.332 e. The Morgan fingerprint density at radius 2 is 1.92 bits per heavy atom. The van der Waals surface area contributed by atoms with Crippen molar-refractivity contribution in [1.82, 2.24) is 4.90 Å². The van der Waals surface area contributed by atoms with Crippen molar-refractivity contribution >= 4 is 21.6 Å². The maximum Gasteiger partial charge on any atom is 0.254 e. The van der Waals surface area contributed by atoms with Gasteiger partial charge in [-0.25, -0.2) is 8.42 Å². The van der Waals surface area contributed by atoms with Crippen molar-refractivity contribution in [2.75, 3.05) is 49.3 Å². The summed E-state index contributed by atoms with van der Waals surface area (Å²) in [5, 5.41) is 0. The van der Waals surface area contributed by atoms with Crippen molar-refractivity contribution in [3.05, 3.63) is 29.8 Å². The third-order valence-corrected chi connectivity index (χ3v) is 6.86. The van der Waals surface area contributed by atoms with Gasteiger partial charge >= 0.3 is 0 Å². The number of piperazine rings is 1. The van der Waals surface area contributed by atoms with Crippen molar-refractivity contribution in [3.63, 3.8) is 0 Å². The van der Waals surface area contributed by atoms with Gasteiger partial charge < -0.3 is 9.80 Å². The Morgan fingerprint density at radius 3 is 2.58 bits per heavy atom. The van der Waals surface area contributed by atoms with Crippen LogP contribution in [0.15, 0.2) is 24.3 Å². The highest BCUT2D eigenvalue weighted by Gasteiger charge is 2.28. The molecule has 0 unspecified atom stereocenters. The summed E-state index contributed by atoms with van der Waals surface area (Å²) in [6.45, 7) is 7.21. The van der Waals surface area contributed by atoms with Gasteiger partial charge in [0.1, 0.15) is 0 Å². The summed E-state index contributed by atoms with van der Waals surface area (Å²) < 4.78 is 26.0. The fourth-order valence-corrected chi connectivity index (χ4v) is 5.07. The van der Waals surface area contributed by atoms with E-state index in [1.54, 1.807) is 24.3 Å². The predicted molar refractivity (Wildman–Crippen MR) is 94.0 cm³/mol. The SMILES string of the molecule is CC[NH+]1CCN(C(=O)c2cccc(N3CCCCS3(=O)=O)c2)CC1. The molecule has 1 amide bonds. The Morgan fingerprint density at radius 1 is 1.17 bits per heavy atom. The number of benzene rings is 1. The zero-order valence-electron chi connectivity index (χ0n) is 14.2. The Kier molecular flexibility index (Phi) is 5.10. The van der Waals surface area contributed by atoms with Gasteiger partial charge in [0, 0.05) is 12.1 Å². The lowest BCUT2D eigenvalue weighted by Gasteiger charge is -2.32. The van der Waals surface area contributed by atoms with Crippen molar-refractivity contribution in [3.8, 4) is 0 Å². The van der Waals surface area contributed by atoms with Crippen molar-refractivity contribution in [2.24, 2.45) is 0 Å². The van der Waals surface area contributed by atoms with E-state index in [0.29, 0.717) is 24.2 Å². The lowest BCUT2D eigenvalue weighted by molar-refractivity contribution is -0.902. The summed E-state index contributed by atoms with van der Waals surface area (Å²) in [7, 11) is -3.25. The molecule has 1 aromatic carbocycles. The molecular weight excluding hydrogens is 326 g/mol. The number of carbonyl (C=O) groups excluding carboxylic acids is 1. The third kappa shape index (κ3) is 3.57. The summed E-state index contributed by atoms with van der Waals surface area (Å²) in [5.74, 6) is 0.189. The molecule has 0 saturated carbocycles. The van der Waals surface area contributed by atoms with E-state index in [-0.39, 0.29) is 11.7 Å². The number of sulfonamides is 1. The second kappa shape index (κ2) is 7.11. The van der Waals surface area contributed by atoms with Gasteiger partial charge in [-0.05, 0) is 38.0 Å². The number of nitrogens with zero attached hydrogens (tertiary/aromatic N) is 2. The predicted octanol–water partition coefficient (Wildman–Crippen LogP) is -0.0228. The first-order valence-electron chi connectivity index (χ1n) is 8.74. The number of rotatable bonds is 3. The summed E-state index contributed by atoms with van der Waals surface area (Å²) >= 11 is 0. The van der Waals surface area contributed by atoms with Gasteiger partial charge in [-0.1, -0.05) is 6.07 Å². The summed E-state index contributed by atoms with van der Waals surface area (Å²) in [5.41, 5.74) is 1.19. The van der Waals surface area contributed by atoms with Crippen LogP contribution in [0.25, 0.3) is 0 Å². The van der Waals surface area contributed by atoms with E-state index < -0.39 is 10.0 Å². The van der Waals surface area contributed by atoms with Gasteiger partial charge in [-0.3, -0.25) is 9.10 Å². The van der Waals surface area contributed by atoms with Gasteiger partial charge in [0.15, 0.2) is 0 Å². The number of carbonyl (C=O) groups is 1. The topological polar surface area (TPSA) is 62.1 Å². The summed E-state index contributed by atoms with van der Waals surface area (Å²) in [6.07, 6.45) is 1.57. The highest BCUT2D eigenvalue weighted by atomic mass is 32.2. The smallest absolute Gasteiger partial charge is 0.254 e. The number of hydrogen-bond acceptors (Lipinski definition) is 3. The summed E-state index contributed by atoms with van der Waals surface area (Å²) in [6, 6.07) is 7.06. The Labute approximate surface area is 144 Å². The van der Waals surface area contributed by atoms with E-state index in [2.05, 4.69) is 6.92 Å². The second-order valence-corrected chi connectivity index (χ2v) is 8.55. The van der Waals surface area contributed by atoms with E-state index in [0.717, 1.165) is 39.1 Å². The zero-order chi connectivity index (χ0) is 17.2. The maximum absolute atomic E-state index is 12.7. The average molecular weight is 352 g/mol. The van der Waals surface area contributed by atoms with Crippen LogP contribution >= 0.6 is 0 Å². The lowest BCUT2D eigenvalue weighted by Crippen LogP contribution is -3.14. The number of quaternary nitrogens is 1. The monoisotopic (exact) mass is 352 g/mol. The molecule has 0 radical (unpaired) electrons. The van der Waals surface area contributed by atoms with Gasteiger partial charge in [0.25, 0.3) is 5.91 Å². The van der Waals surface area contributed by atoms with Crippen LogP contribution < -0.4 is 9.21 Å². The van der Waals surface area contributed by atoms with Crippen LogP contribution in [0, 0.1) is 0 Å². The lowest BCUT2D eigenvalue weighted by atomic mass is 10.1. The molecule has 0 aromatic heterocycles. The van der Waals surface area contributed by atoms with Crippen LogP contribution in [-0.2, 0) is 10.0 Å². The van der Waals surface area contributed by atoms with Crippen molar-refractivity contribution in [2.45, 2.75) is 19.8 Å². The molecule has 1 aromatic rings. The van der Waals surface area contributed by atoms with E-state index in [1.807, 2.05) is 4.90 Å². The molecule has 1 N–H and O–H groups in total. The molecule has 0 aliphatic carbocycles. The fraction of sp³-hybridized carbons (Fsp3) is 0.588. The molecule has 0 bridgehead atoms. The molecule has 2 aliphatic heterocycles. The minimum absolute atomic E-state index is 0.00131. The Hall–Kier alpha value is -1.60. The van der Waals surface area contributed by atoms with Crippen LogP contribution in [-0.4, -0.2) is 64.2 Å². The maximum atomic E-state index is 12.7. The third-order valence-electron chi connectivity index (χ3n) is 4.99. The number of likely N-dealkylation sites (N-methyl/N-ethyl adjacent to an activating group) is 1. The average Bonchev–Trinajstić information content (AvgIpc) is 2.61. The molecule has 3 rings (SSSR count). The van der Waals surface area contributed by atoms with E-state index in [1.165, 1.54) is 9.21 Å². The molecule has 132 valence electrons.